The molecule has 122 valence electrons. The number of halogens is 2. The standard InChI is InChI=1S/C17H13Cl2N3OS/c1-2-22-16(23)14(10-11-5-7-12(18)8-6-11)24-17(22)21-13-4-3-9-20-15(13)19/h3-10H,2H2,1H3/b14-10-,21-17?. The van der Waals surface area contributed by atoms with Gasteiger partial charge in [0, 0.05) is 17.8 Å². The van der Waals surface area contributed by atoms with E-state index in [-0.39, 0.29) is 5.91 Å². The lowest BCUT2D eigenvalue weighted by atomic mass is 10.2. The first-order valence-corrected chi connectivity index (χ1v) is 8.82. The van der Waals surface area contributed by atoms with Crippen LogP contribution in [0.5, 0.6) is 0 Å². The Balaban J connectivity index is 1.94. The molecule has 24 heavy (non-hydrogen) atoms. The second-order valence-electron chi connectivity index (χ2n) is 4.92. The Kier molecular flexibility index (Phi) is 5.23. The number of amidine groups is 1. The number of likely N-dealkylation sites (N-methyl/N-ethyl adjacent to an activating group) is 1. The minimum atomic E-state index is -0.0730. The van der Waals surface area contributed by atoms with Crippen molar-refractivity contribution in [2.45, 2.75) is 6.92 Å². The molecule has 2 heterocycles. The highest BCUT2D eigenvalue weighted by molar-refractivity contribution is 8.18. The molecule has 3 rings (SSSR count). The number of thioether (sulfide) groups is 1. The van der Waals surface area contributed by atoms with Crippen LogP contribution in [0.4, 0.5) is 5.69 Å². The van der Waals surface area contributed by atoms with Gasteiger partial charge in [0.1, 0.15) is 5.69 Å². The molecule has 0 aliphatic carbocycles. The number of hydrogen-bond donors (Lipinski definition) is 0. The third-order valence-electron chi connectivity index (χ3n) is 3.33. The van der Waals surface area contributed by atoms with Crippen molar-refractivity contribution in [3.63, 3.8) is 0 Å². The summed E-state index contributed by atoms with van der Waals surface area (Å²) < 4.78 is 0. The molecular formula is C17H13Cl2N3OS. The smallest absolute Gasteiger partial charge is 0.266 e. The molecular weight excluding hydrogens is 365 g/mol. The average Bonchev–Trinajstić information content (AvgIpc) is 2.87. The summed E-state index contributed by atoms with van der Waals surface area (Å²) >= 11 is 13.3. The van der Waals surface area contributed by atoms with Crippen LogP contribution in [0, 0.1) is 0 Å². The number of rotatable bonds is 3. The van der Waals surface area contributed by atoms with E-state index in [1.807, 2.05) is 25.1 Å². The second kappa shape index (κ2) is 7.38. The highest BCUT2D eigenvalue weighted by Gasteiger charge is 2.32. The van der Waals surface area contributed by atoms with E-state index in [0.717, 1.165) is 5.56 Å². The quantitative estimate of drug-likeness (QED) is 0.557. The van der Waals surface area contributed by atoms with Crippen LogP contribution in [0.2, 0.25) is 10.2 Å². The fraction of sp³-hybridized carbons (Fsp3) is 0.118. The van der Waals surface area contributed by atoms with E-state index in [1.54, 1.807) is 35.4 Å². The van der Waals surface area contributed by atoms with Gasteiger partial charge < -0.3 is 0 Å². The van der Waals surface area contributed by atoms with Gasteiger partial charge in [0.2, 0.25) is 0 Å². The monoisotopic (exact) mass is 377 g/mol. The predicted molar refractivity (Wildman–Crippen MR) is 101 cm³/mol. The molecule has 0 unspecified atom stereocenters. The molecule has 1 aliphatic rings. The minimum Gasteiger partial charge on any atom is -0.287 e. The molecule has 0 N–H and O–H groups in total. The Morgan fingerprint density at radius 1 is 1.25 bits per heavy atom. The summed E-state index contributed by atoms with van der Waals surface area (Å²) in [7, 11) is 0. The van der Waals surface area contributed by atoms with Gasteiger partial charge in [-0.25, -0.2) is 9.98 Å². The molecule has 0 saturated carbocycles. The van der Waals surface area contributed by atoms with Crippen LogP contribution in [-0.2, 0) is 4.79 Å². The van der Waals surface area contributed by atoms with Gasteiger partial charge >= 0.3 is 0 Å². The lowest BCUT2D eigenvalue weighted by Gasteiger charge is -2.12. The number of nitrogens with zero attached hydrogens (tertiary/aromatic N) is 3. The zero-order valence-corrected chi connectivity index (χ0v) is 15.1. The third kappa shape index (κ3) is 3.64. The van der Waals surface area contributed by atoms with Gasteiger partial charge in [-0.15, -0.1) is 0 Å². The maximum Gasteiger partial charge on any atom is 0.266 e. The van der Waals surface area contributed by atoms with E-state index in [0.29, 0.717) is 32.5 Å². The number of carbonyl (C=O) groups excluding carboxylic acids is 1. The summed E-state index contributed by atoms with van der Waals surface area (Å²) in [6.07, 6.45) is 3.43. The van der Waals surface area contributed by atoms with Crippen LogP contribution < -0.4 is 0 Å². The number of carbonyl (C=O) groups is 1. The summed E-state index contributed by atoms with van der Waals surface area (Å²) in [5, 5.41) is 1.56. The van der Waals surface area contributed by atoms with Crippen LogP contribution in [-0.4, -0.2) is 27.5 Å². The summed E-state index contributed by atoms with van der Waals surface area (Å²) in [6, 6.07) is 10.8. The average molecular weight is 378 g/mol. The Labute approximate surface area is 154 Å². The van der Waals surface area contributed by atoms with Crippen molar-refractivity contribution < 1.29 is 4.79 Å². The zero-order valence-electron chi connectivity index (χ0n) is 12.7. The van der Waals surface area contributed by atoms with E-state index in [2.05, 4.69) is 9.98 Å². The highest BCUT2D eigenvalue weighted by Crippen LogP contribution is 2.35. The van der Waals surface area contributed by atoms with Gasteiger partial charge in [-0.1, -0.05) is 35.3 Å². The molecule has 1 aromatic carbocycles. The fourth-order valence-corrected chi connectivity index (χ4v) is 3.49. The normalized spacial score (nSPS) is 18.0. The van der Waals surface area contributed by atoms with E-state index >= 15 is 0 Å². The lowest BCUT2D eigenvalue weighted by molar-refractivity contribution is -0.122. The van der Waals surface area contributed by atoms with Gasteiger partial charge in [0.05, 0.1) is 4.91 Å². The molecule has 1 aromatic heterocycles. The van der Waals surface area contributed by atoms with E-state index in [9.17, 15) is 4.79 Å². The third-order valence-corrected chi connectivity index (χ3v) is 4.88. The lowest BCUT2D eigenvalue weighted by Crippen LogP contribution is -2.28. The van der Waals surface area contributed by atoms with Crippen LogP contribution in [0.3, 0.4) is 0 Å². The molecule has 1 amide bonds. The van der Waals surface area contributed by atoms with Crippen molar-refractivity contribution in [1.29, 1.82) is 0 Å². The first-order valence-electron chi connectivity index (χ1n) is 7.24. The van der Waals surface area contributed by atoms with Gasteiger partial charge in [-0.2, -0.15) is 0 Å². The van der Waals surface area contributed by atoms with Crippen LogP contribution in [0.25, 0.3) is 6.08 Å². The van der Waals surface area contributed by atoms with E-state index in [4.69, 9.17) is 23.2 Å². The number of amides is 1. The molecule has 0 spiro atoms. The number of pyridine rings is 1. The van der Waals surface area contributed by atoms with Gasteiger partial charge in [0.25, 0.3) is 5.91 Å². The molecule has 1 aliphatic heterocycles. The maximum atomic E-state index is 12.6. The molecule has 0 bridgehead atoms. The molecule has 1 fully saturated rings. The van der Waals surface area contributed by atoms with Gasteiger partial charge in [-0.05, 0) is 54.6 Å². The van der Waals surface area contributed by atoms with Crippen molar-refractivity contribution >= 4 is 57.8 Å². The second-order valence-corrected chi connectivity index (χ2v) is 6.72. The first-order chi connectivity index (χ1) is 11.6. The van der Waals surface area contributed by atoms with Gasteiger partial charge in [0.15, 0.2) is 10.3 Å². The molecule has 1 saturated heterocycles. The van der Waals surface area contributed by atoms with Crippen molar-refractivity contribution in [2.24, 2.45) is 4.99 Å². The minimum absolute atomic E-state index is 0.0730. The van der Waals surface area contributed by atoms with Crippen molar-refractivity contribution in [1.82, 2.24) is 9.88 Å². The van der Waals surface area contributed by atoms with E-state index in [1.165, 1.54) is 11.8 Å². The summed E-state index contributed by atoms with van der Waals surface area (Å²) in [4.78, 5) is 23.3. The number of benzene rings is 1. The first kappa shape index (κ1) is 17.0. The predicted octanol–water partition coefficient (Wildman–Crippen LogP) is 5.01. The van der Waals surface area contributed by atoms with Crippen molar-refractivity contribution in [2.75, 3.05) is 6.54 Å². The largest absolute Gasteiger partial charge is 0.287 e. The molecule has 0 radical (unpaired) electrons. The number of aromatic nitrogens is 1. The summed E-state index contributed by atoms with van der Waals surface area (Å²) in [5.41, 5.74) is 1.45. The maximum absolute atomic E-state index is 12.6. The Morgan fingerprint density at radius 2 is 2.00 bits per heavy atom. The van der Waals surface area contributed by atoms with Gasteiger partial charge in [-0.3, -0.25) is 9.69 Å². The SMILES string of the molecule is CCN1C(=O)/C(=C/c2ccc(Cl)cc2)SC1=Nc1cccnc1Cl. The fourth-order valence-electron chi connectivity index (χ4n) is 2.14. The van der Waals surface area contributed by atoms with Crippen LogP contribution in [0.1, 0.15) is 12.5 Å². The molecule has 0 atom stereocenters. The Bertz CT molecular complexity index is 834. The topological polar surface area (TPSA) is 45.6 Å². The zero-order chi connectivity index (χ0) is 17.1. The number of aliphatic imine (C=N–C) groups is 1. The number of hydrogen-bond acceptors (Lipinski definition) is 4. The molecule has 2 aromatic rings. The van der Waals surface area contributed by atoms with E-state index < -0.39 is 0 Å². The van der Waals surface area contributed by atoms with Crippen LogP contribution >= 0.6 is 35.0 Å². The summed E-state index contributed by atoms with van der Waals surface area (Å²) in [6.45, 7) is 2.44. The Hall–Kier alpha value is -1.82. The van der Waals surface area contributed by atoms with Crippen LogP contribution in [0.15, 0.2) is 52.5 Å². The molecule has 7 heteroatoms. The Morgan fingerprint density at radius 3 is 2.67 bits per heavy atom. The van der Waals surface area contributed by atoms with Crippen molar-refractivity contribution in [3.8, 4) is 0 Å². The highest BCUT2D eigenvalue weighted by atomic mass is 35.5. The van der Waals surface area contributed by atoms with Crippen molar-refractivity contribution in [3.05, 3.63) is 63.2 Å². The molecule has 4 nitrogen and oxygen atoms in total. The summed E-state index contributed by atoms with van der Waals surface area (Å²) in [5.74, 6) is -0.0730.